The minimum absolute atomic E-state index is 0.114. The third kappa shape index (κ3) is 1.79. The van der Waals surface area contributed by atoms with E-state index in [-0.39, 0.29) is 10.8 Å². The molecule has 0 aliphatic heterocycles. The van der Waals surface area contributed by atoms with E-state index in [9.17, 15) is 5.11 Å². The highest BCUT2D eigenvalue weighted by Gasteiger charge is 2.63. The molecule has 3 heteroatoms. The Bertz CT molecular complexity index is 801. The van der Waals surface area contributed by atoms with Crippen molar-refractivity contribution >= 4 is 6.08 Å². The van der Waals surface area contributed by atoms with Gasteiger partial charge >= 0.3 is 0 Å². The highest BCUT2D eigenvalue weighted by Crippen LogP contribution is 2.67. The average Bonchev–Trinajstić information content (AvgIpc) is 3.14. The predicted molar refractivity (Wildman–Crippen MR) is 96.4 cm³/mol. The second kappa shape index (κ2) is 4.80. The van der Waals surface area contributed by atoms with Crippen LogP contribution in [0.3, 0.4) is 0 Å². The fourth-order valence-corrected chi connectivity index (χ4v) is 7.14. The molecule has 5 rings (SSSR count). The van der Waals surface area contributed by atoms with Crippen LogP contribution in [0.5, 0.6) is 0 Å². The molecule has 1 heterocycles. The van der Waals surface area contributed by atoms with Crippen LogP contribution in [0, 0.1) is 40.9 Å². The van der Waals surface area contributed by atoms with Crippen molar-refractivity contribution in [3.63, 3.8) is 0 Å². The first kappa shape index (κ1) is 15.7. The van der Waals surface area contributed by atoms with Gasteiger partial charge in [-0.1, -0.05) is 30.5 Å². The van der Waals surface area contributed by atoms with Crippen LogP contribution in [-0.2, 0) is 6.42 Å². The molecule has 6 atom stereocenters. The number of aliphatic hydroxyl groups is 1. The van der Waals surface area contributed by atoms with E-state index in [1.54, 1.807) is 5.57 Å². The van der Waals surface area contributed by atoms with Crippen LogP contribution in [0.15, 0.2) is 16.3 Å². The number of allylic oxidation sites excluding steroid dienone is 1. The largest absolute Gasteiger partial charge is 0.377 e. The van der Waals surface area contributed by atoms with Crippen LogP contribution in [-0.4, -0.2) is 15.9 Å². The first-order valence-electron chi connectivity index (χ1n) is 9.76. The van der Waals surface area contributed by atoms with Crippen LogP contribution in [0.2, 0.25) is 0 Å². The number of rotatable bonds is 0. The summed E-state index contributed by atoms with van der Waals surface area (Å²) in [5.41, 5.74) is 1.99. The van der Waals surface area contributed by atoms with Crippen molar-refractivity contribution in [2.75, 3.05) is 0 Å². The quantitative estimate of drug-likeness (QED) is 0.721. The van der Waals surface area contributed by atoms with E-state index in [0.717, 1.165) is 44.3 Å². The van der Waals surface area contributed by atoms with Gasteiger partial charge in [-0.15, -0.1) is 6.42 Å². The highest BCUT2D eigenvalue weighted by atomic mass is 16.5. The normalized spacial score (nSPS) is 47.8. The van der Waals surface area contributed by atoms with Crippen LogP contribution in [0.4, 0.5) is 0 Å². The highest BCUT2D eigenvalue weighted by molar-refractivity contribution is 5.57. The minimum atomic E-state index is -0.909. The molecular formula is C22H27NO2. The molecule has 3 fully saturated rings. The Kier molecular flexibility index (Phi) is 3.01. The SMILES string of the molecule is C#C[C@]1(O)CCC2C3CCC4=Cc5oncc5CC4(C)C3CCC21C. The molecular weight excluding hydrogens is 310 g/mol. The lowest BCUT2D eigenvalue weighted by Crippen LogP contribution is -2.54. The summed E-state index contributed by atoms with van der Waals surface area (Å²) in [5.74, 6) is 5.64. The maximum atomic E-state index is 11.1. The third-order valence-electron chi connectivity index (χ3n) is 8.67. The monoisotopic (exact) mass is 337 g/mol. The summed E-state index contributed by atoms with van der Waals surface area (Å²) in [7, 11) is 0. The molecule has 25 heavy (non-hydrogen) atoms. The van der Waals surface area contributed by atoms with E-state index in [1.807, 2.05) is 6.20 Å². The summed E-state index contributed by atoms with van der Waals surface area (Å²) in [6, 6.07) is 0. The fraction of sp³-hybridized carbons (Fsp3) is 0.682. The topological polar surface area (TPSA) is 46.3 Å². The molecule has 0 radical (unpaired) electrons. The van der Waals surface area contributed by atoms with E-state index < -0.39 is 5.60 Å². The zero-order valence-corrected chi connectivity index (χ0v) is 15.2. The molecule has 0 bridgehead atoms. The van der Waals surface area contributed by atoms with Crippen LogP contribution < -0.4 is 0 Å². The zero-order valence-electron chi connectivity index (χ0n) is 15.2. The average molecular weight is 337 g/mol. The molecule has 1 N–H and O–H groups in total. The van der Waals surface area contributed by atoms with Gasteiger partial charge in [0.15, 0.2) is 5.76 Å². The minimum Gasteiger partial charge on any atom is -0.377 e. The van der Waals surface area contributed by atoms with Crippen molar-refractivity contribution in [2.45, 2.75) is 64.4 Å². The van der Waals surface area contributed by atoms with Gasteiger partial charge in [-0.05, 0) is 74.2 Å². The van der Waals surface area contributed by atoms with Crippen molar-refractivity contribution in [3.8, 4) is 12.3 Å². The zero-order chi connectivity index (χ0) is 17.4. The van der Waals surface area contributed by atoms with Gasteiger partial charge in [0.1, 0.15) is 5.60 Å². The molecule has 0 aromatic carbocycles. The van der Waals surface area contributed by atoms with Gasteiger partial charge in [0, 0.05) is 11.0 Å². The van der Waals surface area contributed by atoms with Gasteiger partial charge < -0.3 is 9.63 Å². The summed E-state index contributed by atoms with van der Waals surface area (Å²) < 4.78 is 5.43. The third-order valence-corrected chi connectivity index (χ3v) is 8.67. The number of hydrogen-bond acceptors (Lipinski definition) is 3. The van der Waals surface area contributed by atoms with Gasteiger partial charge in [0.2, 0.25) is 0 Å². The number of aromatic nitrogens is 1. The number of hydrogen-bond donors (Lipinski definition) is 1. The lowest BCUT2D eigenvalue weighted by atomic mass is 9.46. The van der Waals surface area contributed by atoms with E-state index in [0.29, 0.717) is 17.8 Å². The van der Waals surface area contributed by atoms with Crippen LogP contribution in [0.25, 0.3) is 6.08 Å². The molecule has 0 amide bonds. The van der Waals surface area contributed by atoms with E-state index in [2.05, 4.69) is 31.0 Å². The lowest BCUT2D eigenvalue weighted by molar-refractivity contribution is -0.0975. The van der Waals surface area contributed by atoms with Crippen molar-refractivity contribution in [3.05, 3.63) is 23.1 Å². The summed E-state index contributed by atoms with van der Waals surface area (Å²) in [6.07, 6.45) is 17.4. The number of nitrogens with zero attached hydrogens (tertiary/aromatic N) is 1. The molecule has 0 spiro atoms. The summed E-state index contributed by atoms with van der Waals surface area (Å²) >= 11 is 0. The fourth-order valence-electron chi connectivity index (χ4n) is 7.14. The van der Waals surface area contributed by atoms with Crippen LogP contribution in [0.1, 0.15) is 63.7 Å². The molecule has 4 aliphatic rings. The van der Waals surface area contributed by atoms with E-state index in [4.69, 9.17) is 10.9 Å². The van der Waals surface area contributed by atoms with Crippen molar-refractivity contribution < 1.29 is 9.63 Å². The van der Waals surface area contributed by atoms with Crippen molar-refractivity contribution in [2.24, 2.45) is 28.6 Å². The van der Waals surface area contributed by atoms with Gasteiger partial charge in [0.25, 0.3) is 0 Å². The smallest absolute Gasteiger partial charge is 0.162 e. The number of terminal acetylenes is 1. The first-order valence-corrected chi connectivity index (χ1v) is 9.76. The van der Waals surface area contributed by atoms with Crippen LogP contribution >= 0.6 is 0 Å². The summed E-state index contributed by atoms with van der Waals surface area (Å²) in [4.78, 5) is 0. The molecule has 3 saturated carbocycles. The maximum Gasteiger partial charge on any atom is 0.162 e. The predicted octanol–water partition coefficient (Wildman–Crippen LogP) is 4.22. The van der Waals surface area contributed by atoms with Gasteiger partial charge in [0.05, 0.1) is 6.20 Å². The van der Waals surface area contributed by atoms with Gasteiger partial charge in [-0.2, -0.15) is 0 Å². The lowest BCUT2D eigenvalue weighted by Gasteiger charge is -2.58. The Morgan fingerprint density at radius 1 is 1.24 bits per heavy atom. The second-order valence-electron chi connectivity index (χ2n) is 9.39. The van der Waals surface area contributed by atoms with E-state index >= 15 is 0 Å². The Morgan fingerprint density at radius 2 is 2.04 bits per heavy atom. The Labute approximate surface area is 149 Å². The molecule has 132 valence electrons. The first-order chi connectivity index (χ1) is 11.9. The molecule has 4 aliphatic carbocycles. The Hall–Kier alpha value is -1.53. The van der Waals surface area contributed by atoms with Gasteiger partial charge in [-0.3, -0.25) is 0 Å². The standard InChI is InChI=1S/C22H27NO2/c1-4-22(24)10-8-18-16-6-5-15-11-19-14(13-23-25-19)12-20(15,2)17(16)7-9-21(18,22)3/h1,11,13,16-18,24H,5-10,12H2,2-3H3/t16?,17?,18?,20?,21?,22-/m0/s1. The molecule has 5 unspecified atom stereocenters. The van der Waals surface area contributed by atoms with Gasteiger partial charge in [-0.25, -0.2) is 0 Å². The second-order valence-corrected chi connectivity index (χ2v) is 9.39. The van der Waals surface area contributed by atoms with Crippen molar-refractivity contribution in [1.82, 2.24) is 5.16 Å². The molecule has 0 saturated heterocycles. The Morgan fingerprint density at radius 3 is 2.84 bits per heavy atom. The number of fused-ring (bicyclic) bond motifs is 6. The summed E-state index contributed by atoms with van der Waals surface area (Å²) in [6.45, 7) is 4.71. The van der Waals surface area contributed by atoms with E-state index in [1.165, 1.54) is 12.0 Å². The maximum absolute atomic E-state index is 11.1. The summed E-state index contributed by atoms with van der Waals surface area (Å²) in [5, 5.41) is 15.1. The Balaban J connectivity index is 1.53. The molecule has 1 aromatic heterocycles. The molecule has 1 aromatic rings. The van der Waals surface area contributed by atoms with Crippen molar-refractivity contribution in [1.29, 1.82) is 0 Å². The molecule has 3 nitrogen and oxygen atoms in total.